The van der Waals surface area contributed by atoms with Gasteiger partial charge in [-0.15, -0.1) is 0 Å². The molecule has 0 N–H and O–H groups in total. The van der Waals surface area contributed by atoms with Crippen molar-refractivity contribution in [2.45, 2.75) is 135 Å². The predicted molar refractivity (Wildman–Crippen MR) is 129 cm³/mol. The summed E-state index contributed by atoms with van der Waals surface area (Å²) >= 11 is 0. The molecular formula is C23H68. The van der Waals surface area contributed by atoms with E-state index < -0.39 is 0 Å². The van der Waals surface area contributed by atoms with Crippen molar-refractivity contribution in [3.05, 3.63) is 0 Å². The Hall–Kier alpha value is 0. The largest absolute Gasteiger partial charge is 0.0776 e. The molecule has 0 aromatic rings. The molecule has 0 unspecified atom stereocenters. The van der Waals surface area contributed by atoms with Crippen LogP contribution in [0, 0.1) is 23.7 Å². The van der Waals surface area contributed by atoms with Crippen LogP contribution >= 0.6 is 0 Å². The summed E-state index contributed by atoms with van der Waals surface area (Å²) in [7, 11) is 0. The minimum atomic E-state index is 0. The molecule has 0 atom stereocenters. The van der Waals surface area contributed by atoms with Gasteiger partial charge in [0, 0.05) is 0 Å². The molecule has 0 aliphatic heterocycles. The fraction of sp³-hybridized carbons (Fsp3) is 1.00. The minimum absolute atomic E-state index is 0. The summed E-state index contributed by atoms with van der Waals surface area (Å²) < 4.78 is 0. The van der Waals surface area contributed by atoms with Crippen LogP contribution in [0.2, 0.25) is 0 Å². The van der Waals surface area contributed by atoms with Crippen LogP contribution in [0.25, 0.3) is 0 Å². The lowest BCUT2D eigenvalue weighted by molar-refractivity contribution is 0.886. The number of unbranched alkanes of at least 4 members (excludes halogenated alkanes) is 2. The van der Waals surface area contributed by atoms with E-state index in [1.165, 1.54) is 49.4 Å². The molecule has 0 aromatic carbocycles. The second-order valence-electron chi connectivity index (χ2n) is 4.31. The molecule has 0 bridgehead atoms. The van der Waals surface area contributed by atoms with E-state index in [2.05, 4.69) is 27.7 Å². The van der Waals surface area contributed by atoms with Crippen molar-refractivity contribution in [3.8, 4) is 0 Å². The summed E-state index contributed by atoms with van der Waals surface area (Å²) in [5.41, 5.74) is 0. The maximum Gasteiger partial charge on any atom is -0.0312 e. The third kappa shape index (κ3) is 27.2. The van der Waals surface area contributed by atoms with Crippen LogP contribution in [0.4, 0.5) is 0 Å². The highest BCUT2D eigenvalue weighted by Gasteiger charge is 2.97. The van der Waals surface area contributed by atoms with E-state index in [4.69, 9.17) is 0 Å². The van der Waals surface area contributed by atoms with Crippen molar-refractivity contribution < 1.29 is 0 Å². The van der Waals surface area contributed by atoms with Crippen LogP contribution in [0.3, 0.4) is 0 Å². The van der Waals surface area contributed by atoms with Gasteiger partial charge in [-0.05, 0) is 23.7 Å². The van der Waals surface area contributed by atoms with Gasteiger partial charge in [-0.1, -0.05) is 135 Å². The van der Waals surface area contributed by atoms with Crippen molar-refractivity contribution in [2.24, 2.45) is 23.7 Å². The molecule has 4 aliphatic rings. The Bertz CT molecular complexity index is 77.0. The van der Waals surface area contributed by atoms with Gasteiger partial charge < -0.3 is 0 Å². The molecule has 23 heavy (non-hydrogen) atoms. The maximum atomic E-state index is 2.18. The van der Waals surface area contributed by atoms with Crippen molar-refractivity contribution >= 4 is 0 Å². The lowest BCUT2D eigenvalue weighted by Gasteiger charge is -1.68. The first-order valence-corrected chi connectivity index (χ1v) is 5.83. The van der Waals surface area contributed by atoms with Crippen LogP contribution in [0.5, 0.6) is 0 Å². The first-order valence-electron chi connectivity index (χ1n) is 5.83. The highest BCUT2D eigenvalue weighted by molar-refractivity contribution is 5.43. The standard InChI is InChI=1S/C4H4.2C4H10.11CH4/c1-2-3(1)4(1)2;2*1-3-4-2;;;;;;;;;;;/h1-4H;2*3-4H2,1-2H3;11*1H4. The van der Waals surface area contributed by atoms with E-state index in [1.54, 1.807) is 0 Å². The zero-order chi connectivity index (χ0) is 9.14. The van der Waals surface area contributed by atoms with Crippen molar-refractivity contribution in [2.75, 3.05) is 0 Å². The molecule has 0 aromatic heterocycles. The van der Waals surface area contributed by atoms with E-state index >= 15 is 0 Å². The Morgan fingerprint density at radius 2 is 0.391 bits per heavy atom. The van der Waals surface area contributed by atoms with Gasteiger partial charge in [0.1, 0.15) is 0 Å². The van der Waals surface area contributed by atoms with Crippen molar-refractivity contribution in [1.29, 1.82) is 0 Å². The molecule has 0 amide bonds. The molecule has 4 aliphatic carbocycles. The fourth-order valence-corrected chi connectivity index (χ4v) is 1.10. The molecule has 0 nitrogen and oxygen atoms in total. The summed E-state index contributed by atoms with van der Waals surface area (Å²) in [5.74, 6) is 5.33. The lowest BCUT2D eigenvalue weighted by Crippen LogP contribution is -1.47. The number of hydrogen-bond donors (Lipinski definition) is 0. The van der Waals surface area contributed by atoms with Crippen LogP contribution < -0.4 is 0 Å². The van der Waals surface area contributed by atoms with Gasteiger partial charge in [-0.2, -0.15) is 0 Å². The summed E-state index contributed by atoms with van der Waals surface area (Å²) in [6, 6.07) is 0. The highest BCUT2D eigenvalue weighted by Crippen LogP contribution is 3.00. The van der Waals surface area contributed by atoms with Crippen LogP contribution in [0.1, 0.15) is 135 Å². The van der Waals surface area contributed by atoms with Gasteiger partial charge in [-0.3, -0.25) is 0 Å². The fourth-order valence-electron chi connectivity index (χ4n) is 1.10. The Balaban J connectivity index is -0.00000000842. The predicted octanol–water partition coefficient (Wildman–Crippen LogP) is 11.1. The number of hydrogen-bond acceptors (Lipinski definition) is 0. The molecule has 0 heteroatoms. The zero-order valence-electron chi connectivity index (χ0n) is 9.14. The molecule has 0 radical (unpaired) electrons. The number of rotatable bonds is 2. The average molecular weight is 345 g/mol. The molecule has 0 spiro atoms. The van der Waals surface area contributed by atoms with E-state index in [0.717, 1.165) is 0 Å². The normalized spacial score (nSPS) is 21.4. The van der Waals surface area contributed by atoms with Gasteiger partial charge >= 0.3 is 0 Å². The summed E-state index contributed by atoms with van der Waals surface area (Å²) in [5, 5.41) is 0. The lowest BCUT2D eigenvalue weighted by atomic mass is 10.4. The molecule has 4 rings (SSSR count). The van der Waals surface area contributed by atoms with Gasteiger partial charge in [-0.25, -0.2) is 0 Å². The molecule has 0 saturated heterocycles. The van der Waals surface area contributed by atoms with Gasteiger partial charge in [0.2, 0.25) is 0 Å². The van der Waals surface area contributed by atoms with E-state index in [1.807, 2.05) is 0 Å². The second kappa shape index (κ2) is 37.9. The topological polar surface area (TPSA) is 0 Å². The third-order valence-corrected chi connectivity index (χ3v) is 3.10. The molecule has 4 saturated carbocycles. The molecule has 0 heterocycles. The average Bonchev–Trinajstić information content (AvgIpc) is 2.90. The van der Waals surface area contributed by atoms with E-state index in [0.29, 0.717) is 0 Å². The van der Waals surface area contributed by atoms with Gasteiger partial charge in [0.15, 0.2) is 0 Å². The second-order valence-corrected chi connectivity index (χ2v) is 4.31. The smallest absolute Gasteiger partial charge is 0.0312 e. The van der Waals surface area contributed by atoms with Crippen molar-refractivity contribution in [1.82, 2.24) is 0 Å². The van der Waals surface area contributed by atoms with Gasteiger partial charge in [0.05, 0.1) is 0 Å². The summed E-state index contributed by atoms with van der Waals surface area (Å²) in [4.78, 5) is 0. The first-order chi connectivity index (χ1) is 5.83. The SMILES string of the molecule is C.C.C.C.C.C.C.C.C.C.C.C12C3C1C23.CCCC.CCCC. The van der Waals surface area contributed by atoms with Crippen LogP contribution in [-0.4, -0.2) is 0 Å². The quantitative estimate of drug-likeness (QED) is 0.467. The zero-order valence-corrected chi connectivity index (χ0v) is 9.14. The third-order valence-electron chi connectivity index (χ3n) is 3.10. The monoisotopic (exact) mass is 345 g/mol. The summed E-state index contributed by atoms with van der Waals surface area (Å²) in [6.07, 6.45) is 5.28. The van der Waals surface area contributed by atoms with Gasteiger partial charge in [0.25, 0.3) is 0 Å². The Kier molecular flexibility index (Phi) is 127. The highest BCUT2D eigenvalue weighted by atomic mass is 15.0. The van der Waals surface area contributed by atoms with Crippen LogP contribution in [-0.2, 0) is 0 Å². The van der Waals surface area contributed by atoms with E-state index in [-0.39, 0.29) is 81.7 Å². The van der Waals surface area contributed by atoms with Crippen LogP contribution in [0.15, 0.2) is 0 Å². The van der Waals surface area contributed by atoms with Crippen molar-refractivity contribution in [3.63, 3.8) is 0 Å². The Morgan fingerprint density at radius 1 is 0.304 bits per heavy atom. The molecule has 4 fully saturated rings. The van der Waals surface area contributed by atoms with E-state index in [9.17, 15) is 0 Å². The maximum absolute atomic E-state index is 2.18. The summed E-state index contributed by atoms with van der Waals surface area (Å²) in [6.45, 7) is 8.72. The Labute approximate surface area is 159 Å². The molecule has 160 valence electrons. The molecular weight excluding hydrogens is 276 g/mol. The minimum Gasteiger partial charge on any atom is -0.0776 e. The first kappa shape index (κ1) is 77.3. The Morgan fingerprint density at radius 3 is 0.391 bits per heavy atom.